The van der Waals surface area contributed by atoms with Crippen LogP contribution in [0, 0.1) is 11.7 Å². The highest BCUT2D eigenvalue weighted by molar-refractivity contribution is 6.31. The minimum atomic E-state index is -0.760. The van der Waals surface area contributed by atoms with Gasteiger partial charge in [0.05, 0.1) is 57.6 Å². The van der Waals surface area contributed by atoms with E-state index in [2.05, 4.69) is 30.6 Å². The molecule has 0 radical (unpaired) electrons. The van der Waals surface area contributed by atoms with Gasteiger partial charge in [-0.1, -0.05) is 41.8 Å². The number of hydrogen-bond acceptors (Lipinski definition) is 7. The molecule has 0 spiro atoms. The Morgan fingerprint density at radius 2 is 1.88 bits per heavy atom. The number of halogens is 3. The molecule has 0 saturated carbocycles. The molecule has 2 unspecified atom stereocenters. The molecule has 6 rings (SSSR count). The van der Waals surface area contributed by atoms with E-state index < -0.39 is 17.4 Å². The average molecular weight is 605 g/mol. The quantitative estimate of drug-likeness (QED) is 0.278. The Morgan fingerprint density at radius 3 is 2.67 bits per heavy atom. The van der Waals surface area contributed by atoms with Gasteiger partial charge in [-0.3, -0.25) is 24.1 Å². The van der Waals surface area contributed by atoms with Crippen molar-refractivity contribution in [3.8, 4) is 28.2 Å². The van der Waals surface area contributed by atoms with Crippen LogP contribution in [0.1, 0.15) is 37.9 Å². The van der Waals surface area contributed by atoms with Crippen LogP contribution in [0.15, 0.2) is 72.2 Å². The monoisotopic (exact) mass is 604 g/mol. The number of aromatic nitrogens is 7. The lowest BCUT2D eigenvalue weighted by atomic mass is 9.96. The number of anilines is 1. The lowest BCUT2D eigenvalue weighted by Gasteiger charge is -2.22. The maximum Gasteiger partial charge on any atom is 0.254 e. The Kier molecular flexibility index (Phi) is 7.53. The van der Waals surface area contributed by atoms with Crippen LogP contribution in [0.3, 0.4) is 0 Å². The summed E-state index contributed by atoms with van der Waals surface area (Å²) in [5, 5.41) is 10.6. The summed E-state index contributed by atoms with van der Waals surface area (Å²) in [6.07, 6.45) is 7.83. The van der Waals surface area contributed by atoms with E-state index in [0.29, 0.717) is 36.3 Å². The summed E-state index contributed by atoms with van der Waals surface area (Å²) in [7, 11) is 0. The highest BCUT2D eigenvalue weighted by Crippen LogP contribution is 2.34. The van der Waals surface area contributed by atoms with Gasteiger partial charge < -0.3 is 5.32 Å². The number of nitrogens with zero attached hydrogens (tertiary/aromatic N) is 7. The van der Waals surface area contributed by atoms with Crippen molar-refractivity contribution in [3.05, 3.63) is 99.4 Å². The fourth-order valence-electron chi connectivity index (χ4n) is 5.07. The molecular formula is C29H23Cl2FN8O2. The molecule has 4 aromatic heterocycles. The number of rotatable bonds is 3. The van der Waals surface area contributed by atoms with Crippen molar-refractivity contribution in [3.63, 3.8) is 0 Å². The molecule has 5 heterocycles. The van der Waals surface area contributed by atoms with Crippen molar-refractivity contribution in [1.29, 1.82) is 0 Å². The van der Waals surface area contributed by atoms with Gasteiger partial charge in [0.15, 0.2) is 11.0 Å². The molecule has 42 heavy (non-hydrogen) atoms. The van der Waals surface area contributed by atoms with Gasteiger partial charge in [0, 0.05) is 29.9 Å². The number of hydrogen-bond donors (Lipinski definition) is 1. The number of carbonyl (C=O) groups excluding carboxylic acids is 1. The van der Waals surface area contributed by atoms with Crippen molar-refractivity contribution in [2.45, 2.75) is 32.2 Å². The normalized spacial score (nSPS) is 17.1. The van der Waals surface area contributed by atoms with Gasteiger partial charge in [0.2, 0.25) is 5.91 Å². The maximum atomic E-state index is 15.4. The molecule has 13 heteroatoms. The van der Waals surface area contributed by atoms with Crippen LogP contribution < -0.4 is 10.9 Å². The van der Waals surface area contributed by atoms with E-state index in [1.54, 1.807) is 36.7 Å². The lowest BCUT2D eigenvalue weighted by Crippen LogP contribution is -2.27. The van der Waals surface area contributed by atoms with Gasteiger partial charge in [0.25, 0.3) is 5.56 Å². The van der Waals surface area contributed by atoms with Gasteiger partial charge in [-0.25, -0.2) is 14.1 Å². The Balaban J connectivity index is 1.45. The SMILES string of the molecule is CC1CCCC(n2cnc(-c3c(-n4cc(Cl)nn4)ccc(Cl)c3F)cc2=O)c2cc(ccn2)-c2ncccc2NC1=O. The van der Waals surface area contributed by atoms with Crippen LogP contribution in [-0.2, 0) is 4.79 Å². The zero-order chi connectivity index (χ0) is 29.4. The first-order chi connectivity index (χ1) is 20.3. The second kappa shape index (κ2) is 11.4. The van der Waals surface area contributed by atoms with Crippen LogP contribution in [0.5, 0.6) is 0 Å². The number of benzene rings is 1. The molecule has 1 N–H and O–H groups in total. The Labute approximate surface area is 249 Å². The largest absolute Gasteiger partial charge is 0.324 e. The van der Waals surface area contributed by atoms with E-state index in [1.807, 2.05) is 13.0 Å². The van der Waals surface area contributed by atoms with Gasteiger partial charge in [-0.15, -0.1) is 5.10 Å². The Bertz CT molecular complexity index is 1870. The van der Waals surface area contributed by atoms with E-state index in [-0.39, 0.29) is 38.9 Å². The zero-order valence-corrected chi connectivity index (χ0v) is 23.7. The van der Waals surface area contributed by atoms with Crippen molar-refractivity contribution in [2.75, 3.05) is 5.32 Å². The summed E-state index contributed by atoms with van der Waals surface area (Å²) < 4.78 is 18.1. The van der Waals surface area contributed by atoms with E-state index in [1.165, 1.54) is 33.9 Å². The van der Waals surface area contributed by atoms with Crippen molar-refractivity contribution < 1.29 is 9.18 Å². The predicted molar refractivity (Wildman–Crippen MR) is 156 cm³/mol. The van der Waals surface area contributed by atoms with Crippen molar-refractivity contribution >= 4 is 34.8 Å². The molecular weight excluding hydrogens is 582 g/mol. The predicted octanol–water partition coefficient (Wildman–Crippen LogP) is 5.74. The summed E-state index contributed by atoms with van der Waals surface area (Å²) in [5.74, 6) is -1.13. The average Bonchev–Trinajstić information content (AvgIpc) is 3.42. The number of carbonyl (C=O) groups is 1. The molecule has 2 bridgehead atoms. The first kappa shape index (κ1) is 27.7. The summed E-state index contributed by atoms with van der Waals surface area (Å²) in [4.78, 5) is 40.1. The molecule has 5 aromatic rings. The first-order valence-electron chi connectivity index (χ1n) is 13.2. The lowest BCUT2D eigenvalue weighted by molar-refractivity contribution is -0.119. The molecule has 10 nitrogen and oxygen atoms in total. The summed E-state index contributed by atoms with van der Waals surface area (Å²) in [5.41, 5.74) is 2.45. The van der Waals surface area contributed by atoms with Gasteiger partial charge in [0.1, 0.15) is 0 Å². The van der Waals surface area contributed by atoms with Gasteiger partial charge in [-0.05, 0) is 49.2 Å². The number of amides is 1. The second-order valence-corrected chi connectivity index (χ2v) is 10.8. The highest BCUT2D eigenvalue weighted by Gasteiger charge is 2.24. The highest BCUT2D eigenvalue weighted by atomic mass is 35.5. The molecule has 0 fully saturated rings. The van der Waals surface area contributed by atoms with Crippen LogP contribution in [0.2, 0.25) is 10.2 Å². The van der Waals surface area contributed by atoms with E-state index in [9.17, 15) is 9.59 Å². The number of fused-ring (bicyclic) bond motifs is 4. The van der Waals surface area contributed by atoms with Crippen LogP contribution in [-0.4, -0.2) is 40.4 Å². The van der Waals surface area contributed by atoms with Crippen molar-refractivity contribution in [2.24, 2.45) is 5.92 Å². The molecule has 212 valence electrons. The van der Waals surface area contributed by atoms with E-state index >= 15 is 4.39 Å². The zero-order valence-electron chi connectivity index (χ0n) is 22.2. The molecule has 1 amide bonds. The summed E-state index contributed by atoms with van der Waals surface area (Å²) in [6.45, 7) is 1.87. The second-order valence-electron chi connectivity index (χ2n) is 9.97. The van der Waals surface area contributed by atoms with Crippen LogP contribution >= 0.6 is 23.2 Å². The molecule has 0 saturated heterocycles. The van der Waals surface area contributed by atoms with Crippen molar-refractivity contribution in [1.82, 2.24) is 34.5 Å². The standard InChI is InChI=1S/C29H23Cl2FN8O2/c1-16-4-2-6-22(20-12-17(9-11-33-20)28-19(36-29(16)42)5-3-10-34-28)39-15-35-21(13-25(39)41)26-23(8-7-18(30)27(26)32)40-14-24(31)37-38-40/h3,5,7-16,22H,2,4,6H2,1H3,(H,36,42). The van der Waals surface area contributed by atoms with Crippen LogP contribution in [0.25, 0.3) is 28.2 Å². The van der Waals surface area contributed by atoms with E-state index in [4.69, 9.17) is 23.2 Å². The Morgan fingerprint density at radius 1 is 1.02 bits per heavy atom. The topological polar surface area (TPSA) is 120 Å². The fourth-order valence-corrected chi connectivity index (χ4v) is 5.35. The summed E-state index contributed by atoms with van der Waals surface area (Å²) in [6, 6.07) is 10.9. The van der Waals surface area contributed by atoms with Crippen LogP contribution in [0.4, 0.5) is 10.1 Å². The molecule has 2 atom stereocenters. The first-order valence-corrected chi connectivity index (χ1v) is 13.9. The maximum absolute atomic E-state index is 15.4. The molecule has 1 aliphatic rings. The third-order valence-electron chi connectivity index (χ3n) is 7.24. The van der Waals surface area contributed by atoms with E-state index in [0.717, 1.165) is 5.56 Å². The molecule has 0 aliphatic carbocycles. The van der Waals surface area contributed by atoms with Gasteiger partial charge in [-0.2, -0.15) is 0 Å². The third kappa shape index (κ3) is 5.28. The Hall–Kier alpha value is -4.48. The minimum absolute atomic E-state index is 0.0188. The smallest absolute Gasteiger partial charge is 0.254 e. The molecule has 1 aromatic carbocycles. The number of nitrogens with one attached hydrogen (secondary N) is 1. The van der Waals surface area contributed by atoms with Gasteiger partial charge >= 0.3 is 0 Å². The minimum Gasteiger partial charge on any atom is -0.324 e. The molecule has 1 aliphatic heterocycles. The summed E-state index contributed by atoms with van der Waals surface area (Å²) >= 11 is 12.0. The fraction of sp³-hybridized carbons (Fsp3) is 0.207. The number of pyridine rings is 2. The third-order valence-corrected chi connectivity index (χ3v) is 7.70.